The van der Waals surface area contributed by atoms with Gasteiger partial charge in [0.2, 0.25) is 5.78 Å². The van der Waals surface area contributed by atoms with Crippen LogP contribution in [0.1, 0.15) is 24.0 Å². The number of aliphatic hydroxyl groups is 4. The van der Waals surface area contributed by atoms with E-state index in [1.165, 1.54) is 25.1 Å². The highest BCUT2D eigenvalue weighted by atomic mass is 16.4. The molecule has 170 valence electrons. The van der Waals surface area contributed by atoms with Gasteiger partial charge in [-0.25, -0.2) is 0 Å². The Morgan fingerprint density at radius 3 is 2.34 bits per heavy atom. The largest absolute Gasteiger partial charge is 0.508 e. The zero-order chi connectivity index (χ0) is 23.9. The highest BCUT2D eigenvalue weighted by molar-refractivity contribution is 6.24. The first-order chi connectivity index (χ1) is 14.9. The normalized spacial score (nSPS) is 34.4. The molecule has 1 unspecified atom stereocenters. The second-order valence-electron chi connectivity index (χ2n) is 8.79. The molecular weight excluding hydrogens is 420 g/mol. The molecule has 0 saturated heterocycles. The van der Waals surface area contributed by atoms with Gasteiger partial charge in [0.05, 0.1) is 23.6 Å². The summed E-state index contributed by atoms with van der Waals surface area (Å²) < 4.78 is 0. The molecule has 1 aromatic carbocycles. The minimum Gasteiger partial charge on any atom is -0.508 e. The van der Waals surface area contributed by atoms with Crippen LogP contribution >= 0.6 is 0 Å². The quantitative estimate of drug-likeness (QED) is 0.327. The maximum absolute atomic E-state index is 13.7. The number of carbonyl (C=O) groups is 3. The van der Waals surface area contributed by atoms with Crippen LogP contribution in [-0.4, -0.2) is 79.7 Å². The highest BCUT2D eigenvalue weighted by Gasteiger charge is 2.68. The summed E-state index contributed by atoms with van der Waals surface area (Å²) in [6, 6.07) is 3.13. The van der Waals surface area contributed by atoms with Gasteiger partial charge in [-0.1, -0.05) is 19.1 Å². The molecule has 0 radical (unpaired) electrons. The van der Waals surface area contributed by atoms with E-state index < -0.39 is 75.6 Å². The Morgan fingerprint density at radius 2 is 1.78 bits per heavy atom. The molecule has 0 bridgehead atoms. The molecule has 1 aromatic rings. The van der Waals surface area contributed by atoms with Crippen molar-refractivity contribution in [2.24, 2.45) is 17.6 Å². The summed E-state index contributed by atoms with van der Waals surface area (Å²) >= 11 is 0. The molecule has 1 fully saturated rings. The van der Waals surface area contributed by atoms with Crippen molar-refractivity contribution in [3.63, 3.8) is 0 Å². The van der Waals surface area contributed by atoms with Crippen LogP contribution in [0.4, 0.5) is 0 Å². The molecule has 10 heteroatoms. The molecule has 3 aliphatic rings. The third-order valence-electron chi connectivity index (χ3n) is 6.99. The number of amides is 1. The number of aromatic hydroxyl groups is 1. The molecule has 0 aliphatic heterocycles. The van der Waals surface area contributed by atoms with Gasteiger partial charge >= 0.3 is 0 Å². The van der Waals surface area contributed by atoms with E-state index in [-0.39, 0.29) is 11.3 Å². The monoisotopic (exact) mass is 444 g/mol. The fourth-order valence-electron chi connectivity index (χ4n) is 5.58. The average molecular weight is 444 g/mol. The second kappa shape index (κ2) is 6.89. The molecule has 4 rings (SSSR count). The summed E-state index contributed by atoms with van der Waals surface area (Å²) in [6.07, 6.45) is -1.59. The number of nitrogens with zero attached hydrogens (tertiary/aromatic N) is 1. The highest BCUT2D eigenvalue weighted by Crippen LogP contribution is 2.55. The van der Waals surface area contributed by atoms with E-state index in [0.717, 1.165) is 0 Å². The maximum Gasteiger partial charge on any atom is 0.255 e. The van der Waals surface area contributed by atoms with Crippen LogP contribution < -0.4 is 5.73 Å². The Kier molecular flexibility index (Phi) is 4.74. The average Bonchev–Trinajstić information content (AvgIpc) is 2.70. The van der Waals surface area contributed by atoms with Gasteiger partial charge in [0.25, 0.3) is 5.91 Å². The Labute approximate surface area is 182 Å². The van der Waals surface area contributed by atoms with E-state index in [1.807, 2.05) is 0 Å². The van der Waals surface area contributed by atoms with Gasteiger partial charge in [-0.3, -0.25) is 19.3 Å². The summed E-state index contributed by atoms with van der Waals surface area (Å²) in [5.74, 6) is -8.87. The number of aliphatic hydroxyl groups excluding tert-OH is 3. The van der Waals surface area contributed by atoms with E-state index in [9.17, 15) is 39.9 Å². The minimum absolute atomic E-state index is 0.0245. The van der Waals surface area contributed by atoms with Crippen LogP contribution in [-0.2, 0) is 14.4 Å². The molecule has 6 atom stereocenters. The fourth-order valence-corrected chi connectivity index (χ4v) is 5.58. The van der Waals surface area contributed by atoms with Gasteiger partial charge in [-0.2, -0.15) is 0 Å². The Balaban J connectivity index is 2.07. The molecule has 10 nitrogen and oxygen atoms in total. The number of Topliss-reactive ketones (excluding diaryl/α,β-unsaturated/α-hetero) is 2. The molecule has 0 spiro atoms. The molecule has 0 heterocycles. The molecule has 7 N–H and O–H groups in total. The second-order valence-corrected chi connectivity index (χ2v) is 8.79. The summed E-state index contributed by atoms with van der Waals surface area (Å²) in [6.45, 7) is 1.68. The Bertz CT molecular complexity index is 1140. The van der Waals surface area contributed by atoms with E-state index in [4.69, 9.17) is 5.73 Å². The van der Waals surface area contributed by atoms with Crippen molar-refractivity contribution >= 4 is 23.2 Å². The van der Waals surface area contributed by atoms with Crippen molar-refractivity contribution < 1.29 is 39.9 Å². The van der Waals surface area contributed by atoms with Crippen molar-refractivity contribution in [2.45, 2.75) is 30.6 Å². The number of phenols is 1. The third-order valence-corrected chi connectivity index (χ3v) is 6.99. The molecule has 3 aliphatic carbocycles. The number of carbonyl (C=O) groups excluding carboxylic acids is 3. The summed E-state index contributed by atoms with van der Waals surface area (Å²) in [5.41, 5.74) is 1.47. The van der Waals surface area contributed by atoms with Crippen molar-refractivity contribution in [1.82, 2.24) is 4.90 Å². The Hall–Kier alpha value is -3.21. The van der Waals surface area contributed by atoms with Crippen LogP contribution in [0.2, 0.25) is 0 Å². The van der Waals surface area contributed by atoms with Crippen LogP contribution in [0, 0.1) is 11.8 Å². The number of ketones is 2. The van der Waals surface area contributed by atoms with E-state index in [0.29, 0.717) is 5.56 Å². The lowest BCUT2D eigenvalue weighted by atomic mass is 9.54. The Morgan fingerprint density at radius 1 is 1.16 bits per heavy atom. The van der Waals surface area contributed by atoms with Crippen LogP contribution in [0.15, 0.2) is 35.1 Å². The summed E-state index contributed by atoms with van der Waals surface area (Å²) in [5, 5.41) is 54.9. The van der Waals surface area contributed by atoms with Crippen LogP contribution in [0.3, 0.4) is 0 Å². The SMILES string of the molecule is C[C@H]1c2cccc(O)c2C(O)=C2C(=O)[C@]3(O)C(O)=C(C(N)=O)C(=O)[C@@H](N(C)C)[C@@H]3[C@@H](O)C21. The number of hydrogen-bond acceptors (Lipinski definition) is 9. The predicted octanol–water partition coefficient (Wildman–Crippen LogP) is -0.504. The van der Waals surface area contributed by atoms with Crippen LogP contribution in [0.5, 0.6) is 5.75 Å². The molecule has 1 amide bonds. The lowest BCUT2D eigenvalue weighted by Crippen LogP contribution is -2.70. The van der Waals surface area contributed by atoms with E-state index in [1.54, 1.807) is 19.1 Å². The van der Waals surface area contributed by atoms with Crippen molar-refractivity contribution in [3.8, 4) is 5.75 Å². The topological polar surface area (TPSA) is 182 Å². The predicted molar refractivity (Wildman–Crippen MR) is 110 cm³/mol. The van der Waals surface area contributed by atoms with Gasteiger partial charge in [0, 0.05) is 11.5 Å². The van der Waals surface area contributed by atoms with E-state index >= 15 is 0 Å². The zero-order valence-corrected chi connectivity index (χ0v) is 17.6. The summed E-state index contributed by atoms with van der Waals surface area (Å²) in [7, 11) is 2.92. The minimum atomic E-state index is -2.89. The number of rotatable bonds is 2. The van der Waals surface area contributed by atoms with Gasteiger partial charge in [-0.15, -0.1) is 0 Å². The molecule has 0 aromatic heterocycles. The number of fused-ring (bicyclic) bond motifs is 3. The first kappa shape index (κ1) is 22.0. The molecular formula is C22H24N2O8. The number of primary amides is 1. The first-order valence-corrected chi connectivity index (χ1v) is 10.0. The lowest BCUT2D eigenvalue weighted by Gasteiger charge is -2.53. The zero-order valence-electron chi connectivity index (χ0n) is 17.6. The van der Waals surface area contributed by atoms with E-state index in [2.05, 4.69) is 0 Å². The van der Waals surface area contributed by atoms with Crippen molar-refractivity contribution in [1.29, 1.82) is 0 Å². The van der Waals surface area contributed by atoms with Gasteiger partial charge in [0.15, 0.2) is 11.4 Å². The number of phenolic OH excluding ortho intramolecular Hbond substituents is 1. The van der Waals surface area contributed by atoms with Crippen LogP contribution in [0.25, 0.3) is 5.76 Å². The van der Waals surface area contributed by atoms with Crippen molar-refractivity contribution in [2.75, 3.05) is 14.1 Å². The molecule has 32 heavy (non-hydrogen) atoms. The van der Waals surface area contributed by atoms with Gasteiger partial charge < -0.3 is 31.3 Å². The maximum atomic E-state index is 13.7. The smallest absolute Gasteiger partial charge is 0.255 e. The number of likely N-dealkylation sites (N-methyl/N-ethyl adjacent to an activating group) is 1. The number of benzene rings is 1. The first-order valence-electron chi connectivity index (χ1n) is 10.0. The number of nitrogens with two attached hydrogens (primary N) is 1. The lowest BCUT2D eigenvalue weighted by molar-refractivity contribution is -0.169. The van der Waals surface area contributed by atoms with Gasteiger partial charge in [-0.05, 0) is 31.6 Å². The summed E-state index contributed by atoms with van der Waals surface area (Å²) in [4.78, 5) is 40.0. The standard InChI is InChI=1S/C22H24N2O8/c1-7-8-5-4-6-9(25)11(8)16(26)12-10(7)17(27)14-15(24(2)3)18(28)13(21(23)31)20(30)22(14,32)19(12)29/h4-7,10,14-15,17,25-27,30,32H,1-3H3,(H2,23,31)/t7-,10?,14+,15-,17-,22-/m0/s1. The van der Waals surface area contributed by atoms with Gasteiger partial charge in [0.1, 0.15) is 22.8 Å². The third kappa shape index (κ3) is 2.48. The fraction of sp³-hybridized carbons (Fsp3) is 0.409. The number of hydrogen-bond donors (Lipinski definition) is 6. The van der Waals surface area contributed by atoms with Crippen molar-refractivity contribution in [3.05, 3.63) is 46.2 Å². The molecule has 1 saturated carbocycles.